The molecule has 0 spiro atoms. The molecule has 1 N–H and O–H groups in total. The molecule has 2 amide bonds. The van der Waals surface area contributed by atoms with Crippen LogP contribution in [0, 0.1) is 10.1 Å². The minimum Gasteiger partial charge on any atom is -0.457 e. The van der Waals surface area contributed by atoms with Crippen LogP contribution in [0.5, 0.6) is 0 Å². The molecule has 1 aliphatic heterocycles. The zero-order valence-corrected chi connectivity index (χ0v) is 18.2. The van der Waals surface area contributed by atoms with E-state index in [1.807, 2.05) is 0 Å². The highest BCUT2D eigenvalue weighted by atomic mass is 35.5. The number of thiocarbonyl (C=S) groups is 1. The number of nitro benzene ring substituents is 1. The Hall–Kier alpha value is -3.53. The lowest BCUT2D eigenvalue weighted by molar-refractivity contribution is -0.384. The van der Waals surface area contributed by atoms with Crippen LogP contribution >= 0.6 is 35.4 Å². The molecule has 1 saturated heterocycles. The zero-order chi connectivity index (χ0) is 23.0. The molecule has 0 bridgehead atoms. The van der Waals surface area contributed by atoms with Crippen LogP contribution in [0.15, 0.2) is 64.6 Å². The lowest BCUT2D eigenvalue weighted by Gasteiger charge is -2.29. The smallest absolute Gasteiger partial charge is 0.270 e. The summed E-state index contributed by atoms with van der Waals surface area (Å²) in [6.45, 7) is 0. The lowest BCUT2D eigenvalue weighted by Crippen LogP contribution is -2.54. The molecule has 32 heavy (non-hydrogen) atoms. The van der Waals surface area contributed by atoms with Gasteiger partial charge in [-0.05, 0) is 48.6 Å². The fourth-order valence-corrected chi connectivity index (χ4v) is 3.86. The highest BCUT2D eigenvalue weighted by Gasteiger charge is 2.35. The number of hydrogen-bond acceptors (Lipinski definition) is 6. The number of furan rings is 1. The van der Waals surface area contributed by atoms with Gasteiger partial charge in [-0.25, -0.2) is 0 Å². The van der Waals surface area contributed by atoms with Gasteiger partial charge in [-0.3, -0.25) is 29.9 Å². The fraction of sp³-hybridized carbons (Fsp3) is 0. The Balaban J connectivity index is 1.68. The summed E-state index contributed by atoms with van der Waals surface area (Å²) in [7, 11) is 0. The number of anilines is 1. The van der Waals surface area contributed by atoms with E-state index in [2.05, 4.69) is 5.32 Å². The number of nitrogens with zero attached hydrogens (tertiary/aromatic N) is 2. The summed E-state index contributed by atoms with van der Waals surface area (Å²) in [5.74, 6) is -0.858. The van der Waals surface area contributed by atoms with Crippen molar-refractivity contribution in [2.24, 2.45) is 0 Å². The predicted octanol–water partition coefficient (Wildman–Crippen LogP) is 4.99. The average molecular weight is 488 g/mol. The summed E-state index contributed by atoms with van der Waals surface area (Å²) in [6.07, 6.45) is 1.26. The number of carbonyl (C=O) groups excluding carboxylic acids is 2. The Morgan fingerprint density at radius 3 is 2.47 bits per heavy atom. The molecule has 0 radical (unpaired) electrons. The molecule has 11 heteroatoms. The normalized spacial score (nSPS) is 15.2. The first-order chi connectivity index (χ1) is 15.2. The van der Waals surface area contributed by atoms with Gasteiger partial charge in [-0.2, -0.15) is 0 Å². The average Bonchev–Trinajstić information content (AvgIpc) is 3.19. The monoisotopic (exact) mass is 487 g/mol. The van der Waals surface area contributed by atoms with Crippen molar-refractivity contribution in [1.29, 1.82) is 0 Å². The second kappa shape index (κ2) is 8.54. The van der Waals surface area contributed by atoms with Gasteiger partial charge in [0.1, 0.15) is 17.1 Å². The third kappa shape index (κ3) is 4.26. The van der Waals surface area contributed by atoms with Crippen molar-refractivity contribution in [3.8, 4) is 11.3 Å². The SMILES string of the molecule is O=C1NC(=S)N(c2cc(Cl)cc(Cl)c2)C(=O)/C1=C\c1ccc(-c2cccc([N+](=O)[O-])c2)o1. The van der Waals surface area contributed by atoms with E-state index in [0.29, 0.717) is 17.0 Å². The van der Waals surface area contributed by atoms with Crippen molar-refractivity contribution in [3.05, 3.63) is 86.1 Å². The fourth-order valence-electron chi connectivity index (χ4n) is 3.06. The molecule has 2 aromatic carbocycles. The number of rotatable bonds is 4. The Morgan fingerprint density at radius 2 is 1.78 bits per heavy atom. The van der Waals surface area contributed by atoms with E-state index < -0.39 is 16.7 Å². The first kappa shape index (κ1) is 21.7. The maximum absolute atomic E-state index is 13.1. The van der Waals surface area contributed by atoms with Gasteiger partial charge in [-0.1, -0.05) is 35.3 Å². The van der Waals surface area contributed by atoms with Gasteiger partial charge in [0.15, 0.2) is 5.11 Å². The molecule has 1 aromatic heterocycles. The number of halogens is 2. The topological polar surface area (TPSA) is 106 Å². The molecular weight excluding hydrogens is 477 g/mol. The van der Waals surface area contributed by atoms with Crippen molar-refractivity contribution >= 4 is 69.8 Å². The summed E-state index contributed by atoms with van der Waals surface area (Å²) in [4.78, 5) is 37.1. The van der Waals surface area contributed by atoms with Gasteiger partial charge in [0.25, 0.3) is 17.5 Å². The maximum Gasteiger partial charge on any atom is 0.270 e. The number of carbonyl (C=O) groups is 2. The van der Waals surface area contributed by atoms with Crippen LogP contribution in [-0.2, 0) is 9.59 Å². The van der Waals surface area contributed by atoms with Gasteiger partial charge in [0.2, 0.25) is 0 Å². The first-order valence-corrected chi connectivity index (χ1v) is 10.1. The van der Waals surface area contributed by atoms with E-state index in [9.17, 15) is 19.7 Å². The third-order valence-corrected chi connectivity index (χ3v) is 5.18. The minimum atomic E-state index is -0.697. The zero-order valence-electron chi connectivity index (χ0n) is 15.9. The minimum absolute atomic E-state index is 0.0926. The lowest BCUT2D eigenvalue weighted by atomic mass is 10.1. The molecule has 1 fully saturated rings. The largest absolute Gasteiger partial charge is 0.457 e. The Labute approximate surface area is 196 Å². The molecular formula is C21H11Cl2N3O5S. The predicted molar refractivity (Wildman–Crippen MR) is 123 cm³/mol. The molecule has 0 aliphatic carbocycles. The van der Waals surface area contributed by atoms with Crippen molar-refractivity contribution < 1.29 is 18.9 Å². The van der Waals surface area contributed by atoms with Crippen LogP contribution in [0.25, 0.3) is 17.4 Å². The molecule has 3 aromatic rings. The summed E-state index contributed by atoms with van der Waals surface area (Å²) < 4.78 is 5.69. The third-order valence-electron chi connectivity index (χ3n) is 4.46. The van der Waals surface area contributed by atoms with Crippen LogP contribution in [0.3, 0.4) is 0 Å². The molecule has 160 valence electrons. The standard InChI is InChI=1S/C21H11Cl2N3O5S/c22-12-7-13(23)9-15(8-12)25-20(28)17(19(27)24-21(25)32)10-16-4-5-18(31-16)11-2-1-3-14(6-11)26(29)30/h1-10H,(H,24,27,32)/b17-10-. The van der Waals surface area contributed by atoms with Gasteiger partial charge in [0.05, 0.1) is 10.6 Å². The van der Waals surface area contributed by atoms with Crippen LogP contribution in [-0.4, -0.2) is 21.9 Å². The first-order valence-electron chi connectivity index (χ1n) is 8.95. The van der Waals surface area contributed by atoms with Crippen molar-refractivity contribution in [1.82, 2.24) is 5.32 Å². The Morgan fingerprint density at radius 1 is 1.06 bits per heavy atom. The molecule has 2 heterocycles. The number of hydrogen-bond donors (Lipinski definition) is 1. The summed E-state index contributed by atoms with van der Waals surface area (Å²) >= 11 is 17.2. The van der Waals surface area contributed by atoms with Gasteiger partial charge >= 0.3 is 0 Å². The summed E-state index contributed by atoms with van der Waals surface area (Å²) in [6, 6.07) is 13.5. The number of benzene rings is 2. The quantitative estimate of drug-likeness (QED) is 0.182. The second-order valence-electron chi connectivity index (χ2n) is 6.59. The van der Waals surface area contributed by atoms with Gasteiger partial charge < -0.3 is 4.42 Å². The van der Waals surface area contributed by atoms with Gasteiger partial charge in [0, 0.05) is 27.7 Å². The second-order valence-corrected chi connectivity index (χ2v) is 7.85. The molecule has 4 rings (SSSR count). The molecule has 8 nitrogen and oxygen atoms in total. The number of non-ortho nitro benzene ring substituents is 1. The van der Waals surface area contributed by atoms with Gasteiger partial charge in [-0.15, -0.1) is 0 Å². The molecule has 0 unspecified atom stereocenters. The van der Waals surface area contributed by atoms with Crippen molar-refractivity contribution in [3.63, 3.8) is 0 Å². The summed E-state index contributed by atoms with van der Waals surface area (Å²) in [5.41, 5.74) is 0.444. The summed E-state index contributed by atoms with van der Waals surface area (Å²) in [5, 5.41) is 13.9. The number of nitrogens with one attached hydrogen (secondary N) is 1. The molecule has 1 aliphatic rings. The van der Waals surface area contributed by atoms with E-state index in [-0.39, 0.29) is 32.2 Å². The Bertz CT molecular complexity index is 1310. The van der Waals surface area contributed by atoms with E-state index in [0.717, 1.165) is 4.90 Å². The molecule has 0 atom stereocenters. The van der Waals surface area contributed by atoms with E-state index in [4.69, 9.17) is 39.8 Å². The Kier molecular flexibility index (Phi) is 5.79. The highest BCUT2D eigenvalue weighted by Crippen LogP contribution is 2.30. The highest BCUT2D eigenvalue weighted by molar-refractivity contribution is 7.80. The van der Waals surface area contributed by atoms with E-state index in [1.165, 1.54) is 48.5 Å². The van der Waals surface area contributed by atoms with Crippen LogP contribution in [0.1, 0.15) is 5.76 Å². The van der Waals surface area contributed by atoms with Crippen LogP contribution in [0.2, 0.25) is 10.0 Å². The van der Waals surface area contributed by atoms with Crippen molar-refractivity contribution in [2.45, 2.75) is 0 Å². The van der Waals surface area contributed by atoms with Crippen LogP contribution < -0.4 is 10.2 Å². The van der Waals surface area contributed by atoms with E-state index >= 15 is 0 Å². The maximum atomic E-state index is 13.1. The van der Waals surface area contributed by atoms with E-state index in [1.54, 1.807) is 12.1 Å². The van der Waals surface area contributed by atoms with Crippen molar-refractivity contribution in [2.75, 3.05) is 4.90 Å². The molecule has 0 saturated carbocycles. The number of nitro groups is 1. The number of amides is 2. The van der Waals surface area contributed by atoms with Crippen LogP contribution in [0.4, 0.5) is 11.4 Å².